The molecule has 8 heteroatoms. The number of pyridine rings is 1. The molecule has 0 saturated carbocycles. The lowest BCUT2D eigenvalue weighted by atomic mass is 10.1. The van der Waals surface area contributed by atoms with Crippen LogP contribution in [0.15, 0.2) is 39.8 Å². The number of rotatable bonds is 4. The summed E-state index contributed by atoms with van der Waals surface area (Å²) in [5.41, 5.74) is -1.01. The SMILES string of the molecule is Cc1cc(C(F)(F)F)c(C#N)c(SCC(=O)c2ccc(Br)cc2)n1. The predicted octanol–water partition coefficient (Wildman–Crippen LogP) is 5.02. The maximum absolute atomic E-state index is 13.0. The smallest absolute Gasteiger partial charge is 0.293 e. The summed E-state index contributed by atoms with van der Waals surface area (Å²) in [7, 11) is 0. The summed E-state index contributed by atoms with van der Waals surface area (Å²) in [6.07, 6.45) is -4.65. The lowest BCUT2D eigenvalue weighted by Gasteiger charge is -2.12. The number of hydrogen-bond donors (Lipinski definition) is 0. The van der Waals surface area contributed by atoms with Gasteiger partial charge in [-0.15, -0.1) is 0 Å². The summed E-state index contributed by atoms with van der Waals surface area (Å²) in [6.45, 7) is 1.41. The van der Waals surface area contributed by atoms with E-state index in [1.54, 1.807) is 30.3 Å². The van der Waals surface area contributed by atoms with Crippen LogP contribution < -0.4 is 0 Å². The van der Waals surface area contributed by atoms with Gasteiger partial charge in [-0.3, -0.25) is 4.79 Å². The zero-order chi connectivity index (χ0) is 17.9. The molecule has 124 valence electrons. The number of benzene rings is 1. The van der Waals surface area contributed by atoms with E-state index in [0.29, 0.717) is 5.56 Å². The summed E-state index contributed by atoms with van der Waals surface area (Å²) in [6, 6.07) is 9.01. The number of aromatic nitrogens is 1. The second-order valence-corrected chi connectivity index (χ2v) is 6.70. The van der Waals surface area contributed by atoms with Crippen LogP contribution in [-0.4, -0.2) is 16.5 Å². The molecule has 0 atom stereocenters. The van der Waals surface area contributed by atoms with Crippen molar-refractivity contribution in [3.63, 3.8) is 0 Å². The first kappa shape index (κ1) is 18.5. The number of halogens is 4. The first-order chi connectivity index (χ1) is 11.2. The molecule has 0 aliphatic rings. The average molecular weight is 415 g/mol. The van der Waals surface area contributed by atoms with Gasteiger partial charge in [-0.25, -0.2) is 4.98 Å². The van der Waals surface area contributed by atoms with Gasteiger partial charge >= 0.3 is 6.18 Å². The summed E-state index contributed by atoms with van der Waals surface area (Å²) in [5.74, 6) is -0.363. The van der Waals surface area contributed by atoms with Gasteiger partial charge in [0.1, 0.15) is 11.1 Å². The Kier molecular flexibility index (Phi) is 5.67. The molecule has 1 aromatic carbocycles. The molecule has 0 N–H and O–H groups in total. The number of aryl methyl sites for hydroxylation is 1. The van der Waals surface area contributed by atoms with Gasteiger partial charge in [-0.2, -0.15) is 18.4 Å². The number of hydrogen-bond acceptors (Lipinski definition) is 4. The Bertz CT molecular complexity index is 814. The third-order valence-electron chi connectivity index (χ3n) is 3.04. The van der Waals surface area contributed by atoms with Crippen molar-refractivity contribution < 1.29 is 18.0 Å². The fourth-order valence-electron chi connectivity index (χ4n) is 1.93. The van der Waals surface area contributed by atoms with Crippen LogP contribution in [0.3, 0.4) is 0 Å². The lowest BCUT2D eigenvalue weighted by molar-refractivity contribution is -0.138. The molecule has 0 aliphatic heterocycles. The normalized spacial score (nSPS) is 11.2. The van der Waals surface area contributed by atoms with Crippen LogP contribution in [0.2, 0.25) is 0 Å². The van der Waals surface area contributed by atoms with Gasteiger partial charge in [0, 0.05) is 15.7 Å². The van der Waals surface area contributed by atoms with Gasteiger partial charge in [0.15, 0.2) is 5.78 Å². The van der Waals surface area contributed by atoms with Crippen LogP contribution in [0.4, 0.5) is 13.2 Å². The minimum absolute atomic E-state index is 0.0877. The van der Waals surface area contributed by atoms with Crippen LogP contribution in [0, 0.1) is 18.3 Å². The minimum atomic E-state index is -4.65. The Balaban J connectivity index is 2.27. The van der Waals surface area contributed by atoms with E-state index in [4.69, 9.17) is 5.26 Å². The predicted molar refractivity (Wildman–Crippen MR) is 87.9 cm³/mol. The maximum atomic E-state index is 13.0. The number of alkyl halides is 3. The molecular formula is C16H10BrF3N2OS. The highest BCUT2D eigenvalue weighted by atomic mass is 79.9. The van der Waals surface area contributed by atoms with E-state index in [2.05, 4.69) is 20.9 Å². The van der Waals surface area contributed by atoms with E-state index >= 15 is 0 Å². The van der Waals surface area contributed by atoms with Crippen molar-refractivity contribution in [2.75, 3.05) is 5.75 Å². The molecule has 0 aliphatic carbocycles. The summed E-state index contributed by atoms with van der Waals surface area (Å²) in [4.78, 5) is 16.1. The Morgan fingerprint density at radius 3 is 2.50 bits per heavy atom. The highest BCUT2D eigenvalue weighted by Crippen LogP contribution is 2.36. The van der Waals surface area contributed by atoms with Crippen molar-refractivity contribution in [2.24, 2.45) is 0 Å². The monoisotopic (exact) mass is 414 g/mol. The Morgan fingerprint density at radius 1 is 1.33 bits per heavy atom. The Morgan fingerprint density at radius 2 is 1.96 bits per heavy atom. The number of carbonyl (C=O) groups is 1. The Labute approximate surface area is 149 Å². The van der Waals surface area contributed by atoms with Crippen LogP contribution in [0.5, 0.6) is 0 Å². The molecule has 0 amide bonds. The quantitative estimate of drug-likeness (QED) is 0.520. The van der Waals surface area contributed by atoms with Crippen molar-refractivity contribution >= 4 is 33.5 Å². The molecular weight excluding hydrogens is 405 g/mol. The highest BCUT2D eigenvalue weighted by Gasteiger charge is 2.35. The standard InChI is InChI=1S/C16H10BrF3N2OS/c1-9-6-13(16(18,19)20)12(7-21)15(22-9)24-8-14(23)10-2-4-11(17)5-3-10/h2-6H,8H2,1H3. The van der Waals surface area contributed by atoms with Crippen molar-refractivity contribution in [3.05, 3.63) is 57.2 Å². The number of ketones is 1. The third-order valence-corrected chi connectivity index (χ3v) is 4.54. The van der Waals surface area contributed by atoms with Crippen molar-refractivity contribution in [3.8, 4) is 6.07 Å². The first-order valence-corrected chi connectivity index (χ1v) is 8.40. The van der Waals surface area contributed by atoms with Crippen LogP contribution >= 0.6 is 27.7 Å². The molecule has 1 aromatic heterocycles. The first-order valence-electron chi connectivity index (χ1n) is 6.63. The zero-order valence-corrected chi connectivity index (χ0v) is 14.7. The fourth-order valence-corrected chi connectivity index (χ4v) is 3.14. The van der Waals surface area contributed by atoms with Crippen LogP contribution in [0.25, 0.3) is 0 Å². The summed E-state index contributed by atoms with van der Waals surface area (Å²) >= 11 is 4.08. The van der Waals surface area contributed by atoms with E-state index < -0.39 is 17.3 Å². The molecule has 0 spiro atoms. The molecule has 0 fully saturated rings. The number of nitriles is 1. The number of carbonyl (C=O) groups excluding carboxylic acids is 1. The van der Waals surface area contributed by atoms with E-state index in [9.17, 15) is 18.0 Å². The van der Waals surface area contributed by atoms with Crippen molar-refractivity contribution in [1.29, 1.82) is 5.26 Å². The summed E-state index contributed by atoms with van der Waals surface area (Å²) < 4.78 is 39.9. The van der Waals surface area contributed by atoms with E-state index in [1.807, 2.05) is 0 Å². The largest absolute Gasteiger partial charge is 0.417 e. The second kappa shape index (κ2) is 7.36. The van der Waals surface area contributed by atoms with Crippen LogP contribution in [0.1, 0.15) is 27.2 Å². The Hall–Kier alpha value is -1.85. The van der Waals surface area contributed by atoms with Crippen molar-refractivity contribution in [1.82, 2.24) is 4.98 Å². The van der Waals surface area contributed by atoms with E-state index in [0.717, 1.165) is 22.3 Å². The molecule has 0 radical (unpaired) electrons. The second-order valence-electron chi connectivity index (χ2n) is 4.82. The van der Waals surface area contributed by atoms with Gasteiger partial charge in [-0.1, -0.05) is 39.8 Å². The minimum Gasteiger partial charge on any atom is -0.293 e. The summed E-state index contributed by atoms with van der Waals surface area (Å²) in [5, 5.41) is 8.99. The van der Waals surface area contributed by atoms with E-state index in [1.165, 1.54) is 6.92 Å². The zero-order valence-electron chi connectivity index (χ0n) is 12.3. The maximum Gasteiger partial charge on any atom is 0.417 e. The third kappa shape index (κ3) is 4.36. The van der Waals surface area contributed by atoms with Gasteiger partial charge in [0.05, 0.1) is 16.9 Å². The van der Waals surface area contributed by atoms with Crippen molar-refractivity contribution in [2.45, 2.75) is 18.1 Å². The number of nitrogens with zero attached hydrogens (tertiary/aromatic N) is 2. The average Bonchev–Trinajstić information content (AvgIpc) is 2.51. The topological polar surface area (TPSA) is 53.8 Å². The highest BCUT2D eigenvalue weighted by molar-refractivity contribution is 9.10. The van der Waals surface area contributed by atoms with Crippen LogP contribution in [-0.2, 0) is 6.18 Å². The molecule has 24 heavy (non-hydrogen) atoms. The van der Waals surface area contributed by atoms with Gasteiger partial charge in [0.25, 0.3) is 0 Å². The van der Waals surface area contributed by atoms with Gasteiger partial charge in [0.2, 0.25) is 0 Å². The van der Waals surface area contributed by atoms with Gasteiger partial charge in [-0.05, 0) is 25.1 Å². The molecule has 3 nitrogen and oxygen atoms in total. The fraction of sp³-hybridized carbons (Fsp3) is 0.188. The number of thioether (sulfide) groups is 1. The lowest BCUT2D eigenvalue weighted by Crippen LogP contribution is -2.11. The molecule has 0 saturated heterocycles. The molecule has 2 aromatic rings. The molecule has 1 heterocycles. The molecule has 0 bridgehead atoms. The number of Topliss-reactive ketones (excluding diaryl/α,β-unsaturated/α-hetero) is 1. The van der Waals surface area contributed by atoms with Gasteiger partial charge < -0.3 is 0 Å². The molecule has 0 unspecified atom stereocenters. The van der Waals surface area contributed by atoms with E-state index in [-0.39, 0.29) is 22.3 Å². The molecule has 2 rings (SSSR count).